The van der Waals surface area contributed by atoms with Gasteiger partial charge in [-0.15, -0.1) is 11.3 Å². The molecule has 0 bridgehead atoms. The third-order valence-corrected chi connectivity index (χ3v) is 5.03. The van der Waals surface area contributed by atoms with Crippen molar-refractivity contribution >= 4 is 23.2 Å². The van der Waals surface area contributed by atoms with Crippen LogP contribution in [0.5, 0.6) is 5.75 Å². The zero-order valence-electron chi connectivity index (χ0n) is 13.5. The fourth-order valence-electron chi connectivity index (χ4n) is 2.88. The standard InChI is InChI=1S/C18H20N2O3S/c1-23-15-9-11-24-17(15)18(22)19-14(13-6-3-2-4-7-13)12-20-10-5-8-16(20)21/h2-4,6-7,9,11,14H,5,8,10,12H2,1H3,(H,19,22). The summed E-state index contributed by atoms with van der Waals surface area (Å²) in [5.74, 6) is 0.544. The molecule has 1 fully saturated rings. The minimum atomic E-state index is -0.243. The molecule has 0 spiro atoms. The lowest BCUT2D eigenvalue weighted by Gasteiger charge is -2.25. The van der Waals surface area contributed by atoms with E-state index >= 15 is 0 Å². The van der Waals surface area contributed by atoms with Crippen molar-refractivity contribution in [2.24, 2.45) is 0 Å². The lowest BCUT2D eigenvalue weighted by molar-refractivity contribution is -0.128. The number of rotatable bonds is 6. The van der Waals surface area contributed by atoms with Crippen LogP contribution < -0.4 is 10.1 Å². The van der Waals surface area contributed by atoms with E-state index in [1.807, 2.05) is 40.6 Å². The second kappa shape index (κ2) is 7.49. The number of carbonyl (C=O) groups is 2. The maximum Gasteiger partial charge on any atom is 0.265 e. The molecule has 5 nitrogen and oxygen atoms in total. The van der Waals surface area contributed by atoms with Crippen LogP contribution in [0.3, 0.4) is 0 Å². The topological polar surface area (TPSA) is 58.6 Å². The first-order valence-electron chi connectivity index (χ1n) is 7.94. The Hall–Kier alpha value is -2.34. The van der Waals surface area contributed by atoms with Gasteiger partial charge in [0.05, 0.1) is 13.2 Å². The third kappa shape index (κ3) is 3.59. The number of carbonyl (C=O) groups excluding carboxylic acids is 2. The first-order chi connectivity index (χ1) is 11.7. The van der Waals surface area contributed by atoms with Gasteiger partial charge in [-0.1, -0.05) is 30.3 Å². The highest BCUT2D eigenvalue weighted by atomic mass is 32.1. The van der Waals surface area contributed by atoms with Crippen molar-refractivity contribution in [1.29, 1.82) is 0 Å². The van der Waals surface area contributed by atoms with Crippen molar-refractivity contribution in [2.75, 3.05) is 20.2 Å². The van der Waals surface area contributed by atoms with Crippen LogP contribution in [-0.4, -0.2) is 36.9 Å². The van der Waals surface area contributed by atoms with Gasteiger partial charge in [0.2, 0.25) is 5.91 Å². The third-order valence-electron chi connectivity index (χ3n) is 4.14. The largest absolute Gasteiger partial charge is 0.495 e. The van der Waals surface area contributed by atoms with E-state index in [4.69, 9.17) is 4.74 Å². The Morgan fingerprint density at radius 1 is 1.33 bits per heavy atom. The van der Waals surface area contributed by atoms with Gasteiger partial charge in [0.25, 0.3) is 5.91 Å². The molecule has 1 aliphatic heterocycles. The second-order valence-corrected chi connectivity index (χ2v) is 6.61. The molecule has 126 valence electrons. The van der Waals surface area contributed by atoms with Crippen molar-refractivity contribution in [2.45, 2.75) is 18.9 Å². The maximum atomic E-state index is 12.6. The summed E-state index contributed by atoms with van der Waals surface area (Å²) in [5.41, 5.74) is 0.987. The minimum absolute atomic E-state index is 0.152. The summed E-state index contributed by atoms with van der Waals surface area (Å²) < 4.78 is 5.23. The summed E-state index contributed by atoms with van der Waals surface area (Å²) in [7, 11) is 1.55. The van der Waals surface area contributed by atoms with E-state index in [2.05, 4.69) is 5.32 Å². The van der Waals surface area contributed by atoms with Crippen LogP contribution in [0.4, 0.5) is 0 Å². The average molecular weight is 344 g/mol. The molecule has 3 rings (SSSR count). The van der Waals surface area contributed by atoms with Crippen molar-refractivity contribution in [1.82, 2.24) is 10.2 Å². The lowest BCUT2D eigenvalue weighted by Crippen LogP contribution is -2.38. The number of likely N-dealkylation sites (tertiary alicyclic amines) is 1. The smallest absolute Gasteiger partial charge is 0.265 e. The van der Waals surface area contributed by atoms with Gasteiger partial charge < -0.3 is 15.0 Å². The number of benzene rings is 1. The van der Waals surface area contributed by atoms with Crippen LogP contribution in [0.2, 0.25) is 0 Å². The highest BCUT2D eigenvalue weighted by molar-refractivity contribution is 7.12. The van der Waals surface area contributed by atoms with Crippen LogP contribution in [0, 0.1) is 0 Å². The summed E-state index contributed by atoms with van der Waals surface area (Å²) >= 11 is 1.35. The number of nitrogens with one attached hydrogen (secondary N) is 1. The van der Waals surface area contributed by atoms with E-state index in [0.717, 1.165) is 18.5 Å². The molecule has 0 radical (unpaired) electrons. The molecule has 1 aromatic heterocycles. The van der Waals surface area contributed by atoms with E-state index in [1.165, 1.54) is 11.3 Å². The van der Waals surface area contributed by atoms with E-state index in [0.29, 0.717) is 23.6 Å². The fraction of sp³-hybridized carbons (Fsp3) is 0.333. The molecule has 0 saturated carbocycles. The number of hydrogen-bond donors (Lipinski definition) is 1. The van der Waals surface area contributed by atoms with Gasteiger partial charge >= 0.3 is 0 Å². The number of nitrogens with zero attached hydrogens (tertiary/aromatic N) is 1. The van der Waals surface area contributed by atoms with Gasteiger partial charge in [-0.2, -0.15) is 0 Å². The Bertz CT molecular complexity index is 714. The first-order valence-corrected chi connectivity index (χ1v) is 8.82. The van der Waals surface area contributed by atoms with Gasteiger partial charge in [-0.3, -0.25) is 9.59 Å². The van der Waals surface area contributed by atoms with Crippen molar-refractivity contribution in [3.8, 4) is 5.75 Å². The molecule has 1 unspecified atom stereocenters. The molecule has 1 aromatic carbocycles. The number of amides is 2. The van der Waals surface area contributed by atoms with Crippen molar-refractivity contribution in [3.63, 3.8) is 0 Å². The van der Waals surface area contributed by atoms with Gasteiger partial charge in [0, 0.05) is 19.5 Å². The van der Waals surface area contributed by atoms with Gasteiger partial charge in [0.1, 0.15) is 10.6 Å². The summed E-state index contributed by atoms with van der Waals surface area (Å²) in [4.78, 5) is 27.0. The number of thiophene rings is 1. The van der Waals surface area contributed by atoms with Gasteiger partial charge in [0.15, 0.2) is 0 Å². The average Bonchev–Trinajstić information content (AvgIpc) is 3.24. The summed E-state index contributed by atoms with van der Waals surface area (Å²) in [5, 5.41) is 4.88. The normalized spacial score (nSPS) is 15.4. The summed E-state index contributed by atoms with van der Waals surface area (Å²) in [6.07, 6.45) is 1.47. The Morgan fingerprint density at radius 2 is 2.12 bits per heavy atom. The zero-order chi connectivity index (χ0) is 16.9. The quantitative estimate of drug-likeness (QED) is 0.877. The molecule has 24 heavy (non-hydrogen) atoms. The van der Waals surface area contributed by atoms with Crippen molar-refractivity contribution in [3.05, 3.63) is 52.2 Å². The van der Waals surface area contributed by atoms with Crippen LogP contribution in [-0.2, 0) is 4.79 Å². The highest BCUT2D eigenvalue weighted by Crippen LogP contribution is 2.26. The number of ether oxygens (including phenoxy) is 1. The van der Waals surface area contributed by atoms with E-state index in [1.54, 1.807) is 13.2 Å². The highest BCUT2D eigenvalue weighted by Gasteiger charge is 2.26. The predicted molar refractivity (Wildman–Crippen MR) is 93.3 cm³/mol. The van der Waals surface area contributed by atoms with Crippen LogP contribution in [0.25, 0.3) is 0 Å². The molecule has 1 N–H and O–H groups in total. The van der Waals surface area contributed by atoms with E-state index in [-0.39, 0.29) is 17.9 Å². The first kappa shape index (κ1) is 16.5. The number of hydrogen-bond acceptors (Lipinski definition) is 4. The molecule has 1 aliphatic rings. The lowest BCUT2D eigenvalue weighted by atomic mass is 10.1. The number of methoxy groups -OCH3 is 1. The summed E-state index contributed by atoms with van der Waals surface area (Å²) in [6, 6.07) is 11.3. The Balaban J connectivity index is 1.79. The SMILES string of the molecule is COc1ccsc1C(=O)NC(CN1CCCC1=O)c1ccccc1. The molecule has 0 aliphatic carbocycles. The van der Waals surface area contributed by atoms with Gasteiger partial charge in [-0.05, 0) is 23.4 Å². The zero-order valence-corrected chi connectivity index (χ0v) is 14.3. The monoisotopic (exact) mass is 344 g/mol. The Labute approximate surface area is 145 Å². The van der Waals surface area contributed by atoms with Crippen LogP contribution >= 0.6 is 11.3 Å². The molecule has 6 heteroatoms. The van der Waals surface area contributed by atoms with Gasteiger partial charge in [-0.25, -0.2) is 0 Å². The molecule has 2 aromatic rings. The molecule has 2 heterocycles. The minimum Gasteiger partial charge on any atom is -0.495 e. The van der Waals surface area contributed by atoms with Crippen LogP contribution in [0.15, 0.2) is 41.8 Å². The molecule has 2 amide bonds. The molecule has 1 atom stereocenters. The van der Waals surface area contributed by atoms with Crippen molar-refractivity contribution < 1.29 is 14.3 Å². The van der Waals surface area contributed by atoms with Crippen LogP contribution in [0.1, 0.15) is 34.1 Å². The fourth-order valence-corrected chi connectivity index (χ4v) is 3.65. The summed E-state index contributed by atoms with van der Waals surface area (Å²) in [6.45, 7) is 1.24. The Morgan fingerprint density at radius 3 is 2.79 bits per heavy atom. The molecule has 1 saturated heterocycles. The Kier molecular flexibility index (Phi) is 5.15. The second-order valence-electron chi connectivity index (χ2n) is 5.70. The predicted octanol–water partition coefficient (Wildman–Crippen LogP) is 2.85. The molecular formula is C18H20N2O3S. The molecular weight excluding hydrogens is 324 g/mol. The van der Waals surface area contributed by atoms with E-state index < -0.39 is 0 Å². The van der Waals surface area contributed by atoms with E-state index in [9.17, 15) is 9.59 Å². The maximum absolute atomic E-state index is 12.6.